The molecule has 2 nitrogen and oxygen atoms in total. The van der Waals surface area contributed by atoms with Crippen LogP contribution >= 0.6 is 17.0 Å². The molecule has 0 amide bonds. The van der Waals surface area contributed by atoms with Crippen molar-refractivity contribution in [1.82, 2.24) is 0 Å². The number of hydrogen-bond acceptors (Lipinski definition) is 2. The molecular weight excluding hydrogens is 256 g/mol. The minimum Gasteiger partial charge on any atom is -0.202 e. The van der Waals surface area contributed by atoms with Gasteiger partial charge in [-0.05, 0) is 23.7 Å². The Labute approximate surface area is 91.1 Å². The fourth-order valence-corrected chi connectivity index (χ4v) is 0.981. The fraction of sp³-hybridized carbons (Fsp3) is 0.333. The van der Waals surface area contributed by atoms with Crippen molar-refractivity contribution in [3.63, 3.8) is 0 Å². The maximum absolute atomic E-state index is 12.8. The second-order valence-corrected chi connectivity index (χ2v) is 2.98. The Balaban J connectivity index is 0.00000169. The van der Waals surface area contributed by atoms with Crippen LogP contribution in [-0.2, 0) is 5.92 Å². The third kappa shape index (κ3) is 2.83. The topological polar surface area (TPSA) is 29.4 Å². The average Bonchev–Trinajstić information content (AvgIpc) is 2.03. The fourth-order valence-electron chi connectivity index (χ4n) is 0.981. The van der Waals surface area contributed by atoms with E-state index in [2.05, 4.69) is 5.18 Å². The van der Waals surface area contributed by atoms with Crippen LogP contribution in [0.25, 0.3) is 0 Å². The SMILES string of the molecule is Br.Cc1ccc(C(C)(F)F)cc1N=O. The minimum atomic E-state index is -2.92. The summed E-state index contributed by atoms with van der Waals surface area (Å²) in [6.07, 6.45) is 0. The standard InChI is InChI=1S/C9H9F2NO.BrH/c1-6-3-4-7(9(2,10)11)5-8(6)12-13;/h3-5H,1-2H3;1H. The Bertz CT molecular complexity index is 336. The Morgan fingerprint density at radius 2 is 1.93 bits per heavy atom. The highest BCUT2D eigenvalue weighted by atomic mass is 79.9. The molecule has 0 atom stereocenters. The highest BCUT2D eigenvalue weighted by Crippen LogP contribution is 2.31. The van der Waals surface area contributed by atoms with Gasteiger partial charge in [-0.3, -0.25) is 0 Å². The van der Waals surface area contributed by atoms with Gasteiger partial charge in [-0.1, -0.05) is 12.1 Å². The summed E-state index contributed by atoms with van der Waals surface area (Å²) in [6.45, 7) is 2.43. The summed E-state index contributed by atoms with van der Waals surface area (Å²) >= 11 is 0. The highest BCUT2D eigenvalue weighted by Gasteiger charge is 2.24. The summed E-state index contributed by atoms with van der Waals surface area (Å²) in [5.74, 6) is -2.92. The summed E-state index contributed by atoms with van der Waals surface area (Å²) in [5, 5.41) is 2.66. The Morgan fingerprint density at radius 1 is 1.36 bits per heavy atom. The number of rotatable bonds is 2. The monoisotopic (exact) mass is 265 g/mol. The molecule has 0 saturated heterocycles. The van der Waals surface area contributed by atoms with Gasteiger partial charge in [-0.2, -0.15) is 0 Å². The number of benzene rings is 1. The number of halogens is 3. The molecule has 0 unspecified atom stereocenters. The lowest BCUT2D eigenvalue weighted by Gasteiger charge is -2.10. The smallest absolute Gasteiger partial charge is 0.202 e. The van der Waals surface area contributed by atoms with Crippen molar-refractivity contribution in [2.75, 3.05) is 0 Å². The quantitative estimate of drug-likeness (QED) is 0.741. The van der Waals surface area contributed by atoms with Crippen LogP contribution in [0, 0.1) is 11.8 Å². The van der Waals surface area contributed by atoms with Gasteiger partial charge in [0.15, 0.2) is 0 Å². The van der Waals surface area contributed by atoms with Crippen molar-refractivity contribution in [2.45, 2.75) is 19.8 Å². The normalized spacial score (nSPS) is 10.6. The van der Waals surface area contributed by atoms with E-state index in [9.17, 15) is 13.7 Å². The Morgan fingerprint density at radius 3 is 2.36 bits per heavy atom. The van der Waals surface area contributed by atoms with Gasteiger partial charge in [0.25, 0.3) is 5.92 Å². The number of aryl methyl sites for hydroxylation is 1. The molecule has 0 aliphatic carbocycles. The molecule has 78 valence electrons. The first-order valence-corrected chi connectivity index (χ1v) is 3.77. The van der Waals surface area contributed by atoms with Crippen LogP contribution in [0.2, 0.25) is 0 Å². The van der Waals surface area contributed by atoms with Crippen LogP contribution < -0.4 is 0 Å². The molecule has 0 aromatic heterocycles. The van der Waals surface area contributed by atoms with Crippen molar-refractivity contribution in [3.05, 3.63) is 34.2 Å². The molecule has 1 rings (SSSR count). The van der Waals surface area contributed by atoms with Crippen molar-refractivity contribution in [1.29, 1.82) is 0 Å². The molecular formula is C9H10BrF2NO. The van der Waals surface area contributed by atoms with Gasteiger partial charge in [-0.15, -0.1) is 21.9 Å². The number of hydrogen-bond donors (Lipinski definition) is 0. The zero-order valence-electron chi connectivity index (χ0n) is 7.75. The van der Waals surface area contributed by atoms with Crippen LogP contribution in [0.5, 0.6) is 0 Å². The molecule has 0 heterocycles. The minimum absolute atomic E-state index is 0. The molecule has 1 aromatic carbocycles. The second-order valence-electron chi connectivity index (χ2n) is 2.98. The predicted octanol–water partition coefficient (Wildman–Crippen LogP) is 4.08. The first kappa shape index (κ1) is 13.2. The second kappa shape index (κ2) is 4.59. The van der Waals surface area contributed by atoms with Crippen LogP contribution in [0.15, 0.2) is 23.4 Å². The zero-order valence-corrected chi connectivity index (χ0v) is 9.46. The van der Waals surface area contributed by atoms with Crippen molar-refractivity contribution in [3.8, 4) is 0 Å². The maximum Gasteiger partial charge on any atom is 0.270 e. The van der Waals surface area contributed by atoms with Gasteiger partial charge in [0.1, 0.15) is 5.69 Å². The van der Waals surface area contributed by atoms with E-state index < -0.39 is 5.92 Å². The number of alkyl halides is 2. The molecule has 0 radical (unpaired) electrons. The third-order valence-electron chi connectivity index (χ3n) is 1.81. The molecule has 0 spiro atoms. The highest BCUT2D eigenvalue weighted by molar-refractivity contribution is 8.93. The lowest BCUT2D eigenvalue weighted by molar-refractivity contribution is 0.0175. The van der Waals surface area contributed by atoms with Crippen molar-refractivity contribution < 1.29 is 8.78 Å². The van der Waals surface area contributed by atoms with Crippen LogP contribution in [0.4, 0.5) is 14.5 Å². The molecule has 0 aliphatic rings. The number of nitrogens with zero attached hydrogens (tertiary/aromatic N) is 1. The largest absolute Gasteiger partial charge is 0.270 e. The maximum atomic E-state index is 12.8. The zero-order chi connectivity index (χ0) is 10.1. The lowest BCUT2D eigenvalue weighted by Crippen LogP contribution is -2.06. The van der Waals surface area contributed by atoms with E-state index in [0.29, 0.717) is 5.56 Å². The molecule has 14 heavy (non-hydrogen) atoms. The van der Waals surface area contributed by atoms with E-state index in [4.69, 9.17) is 0 Å². The predicted molar refractivity (Wildman–Crippen MR) is 56.5 cm³/mol. The molecule has 0 saturated carbocycles. The van der Waals surface area contributed by atoms with E-state index in [1.165, 1.54) is 12.1 Å². The van der Waals surface area contributed by atoms with Crippen LogP contribution in [0.3, 0.4) is 0 Å². The third-order valence-corrected chi connectivity index (χ3v) is 1.81. The summed E-state index contributed by atoms with van der Waals surface area (Å²) < 4.78 is 25.5. The van der Waals surface area contributed by atoms with Gasteiger partial charge >= 0.3 is 0 Å². The van der Waals surface area contributed by atoms with Crippen molar-refractivity contribution in [2.24, 2.45) is 5.18 Å². The van der Waals surface area contributed by atoms with Crippen molar-refractivity contribution >= 4 is 22.7 Å². The number of nitroso groups, excluding NO2 is 1. The molecule has 1 aromatic rings. The first-order valence-electron chi connectivity index (χ1n) is 3.77. The molecule has 0 aliphatic heterocycles. The van der Waals surface area contributed by atoms with Gasteiger partial charge in [-0.25, -0.2) is 8.78 Å². The van der Waals surface area contributed by atoms with Gasteiger partial charge in [0, 0.05) is 12.5 Å². The summed E-state index contributed by atoms with van der Waals surface area (Å²) in [7, 11) is 0. The molecule has 5 heteroatoms. The lowest BCUT2D eigenvalue weighted by atomic mass is 10.1. The average molecular weight is 266 g/mol. The van der Waals surface area contributed by atoms with Gasteiger partial charge < -0.3 is 0 Å². The Hall–Kier alpha value is -0.840. The Kier molecular flexibility index (Phi) is 4.32. The van der Waals surface area contributed by atoms with Gasteiger partial charge in [0.05, 0.1) is 0 Å². The molecule has 0 fully saturated rings. The first-order chi connectivity index (χ1) is 5.95. The van der Waals surface area contributed by atoms with E-state index in [1.54, 1.807) is 6.92 Å². The van der Waals surface area contributed by atoms with Crippen LogP contribution in [-0.4, -0.2) is 0 Å². The van der Waals surface area contributed by atoms with Gasteiger partial charge in [0.2, 0.25) is 0 Å². The summed E-state index contributed by atoms with van der Waals surface area (Å²) in [5.41, 5.74) is 0.481. The molecule has 0 N–H and O–H groups in total. The van der Waals surface area contributed by atoms with Crippen LogP contribution in [0.1, 0.15) is 18.1 Å². The molecule has 0 bridgehead atoms. The van der Waals surface area contributed by atoms with E-state index in [1.807, 2.05) is 0 Å². The van der Waals surface area contributed by atoms with E-state index in [-0.39, 0.29) is 28.2 Å². The summed E-state index contributed by atoms with van der Waals surface area (Å²) in [6, 6.07) is 3.87. The van der Waals surface area contributed by atoms with E-state index in [0.717, 1.165) is 13.0 Å². The van der Waals surface area contributed by atoms with E-state index >= 15 is 0 Å². The summed E-state index contributed by atoms with van der Waals surface area (Å²) in [4.78, 5) is 10.2.